The van der Waals surface area contributed by atoms with Gasteiger partial charge in [-0.25, -0.2) is 18.2 Å². The van der Waals surface area contributed by atoms with Gasteiger partial charge in [0.25, 0.3) is 10.0 Å². The third-order valence-electron chi connectivity index (χ3n) is 11.4. The molecule has 4 rings (SSSR count). The summed E-state index contributed by atoms with van der Waals surface area (Å²) < 4.78 is 66.6. The zero-order chi connectivity index (χ0) is 46.3. The lowest BCUT2D eigenvalue weighted by atomic mass is 9.84. The minimum absolute atomic E-state index is 0.0712. The van der Waals surface area contributed by atoms with Crippen LogP contribution in [0.3, 0.4) is 0 Å². The third-order valence-corrected chi connectivity index (χ3v) is 13.7. The number of carbonyl (C=O) groups excluding carboxylic acids is 1. The molecule has 4 atom stereocenters. The van der Waals surface area contributed by atoms with Crippen molar-refractivity contribution in [3.05, 3.63) is 62.4 Å². The molecule has 10 nitrogen and oxygen atoms in total. The predicted molar refractivity (Wildman–Crippen MR) is 241 cm³/mol. The molecule has 0 aliphatic carbocycles. The summed E-state index contributed by atoms with van der Waals surface area (Å²) in [5.74, 6) is 3.61. The Labute approximate surface area is 368 Å². The summed E-state index contributed by atoms with van der Waals surface area (Å²) in [4.78, 5) is 14.4. The van der Waals surface area contributed by atoms with E-state index in [-0.39, 0.29) is 20.8 Å². The number of alkyl halides is 3. The molecule has 1 aromatic heterocycles. The number of hydrogen-bond acceptors (Lipinski definition) is 8. The van der Waals surface area contributed by atoms with Crippen LogP contribution in [0.2, 0.25) is 0 Å². The molecule has 2 heterocycles. The highest BCUT2D eigenvalue weighted by atomic mass is 32.2. The number of aryl methyl sites for hydroxylation is 1. The fraction of sp³-hybridized carbons (Fsp3) is 0.674. The lowest BCUT2D eigenvalue weighted by molar-refractivity contribution is -0.137. The second-order valence-corrected chi connectivity index (χ2v) is 20.4. The Hall–Kier alpha value is -3.27. The third kappa shape index (κ3) is 18.5. The average molecular weight is 898 g/mol. The van der Waals surface area contributed by atoms with Crippen LogP contribution in [0.4, 0.5) is 13.2 Å². The first kappa shape index (κ1) is 53.9. The number of aromatic hydroxyl groups is 1. The summed E-state index contributed by atoms with van der Waals surface area (Å²) in [6.45, 7) is 24.0. The number of halogens is 3. The van der Waals surface area contributed by atoms with Crippen LogP contribution in [0, 0.1) is 38.5 Å². The number of phenolic OH excluding ortho intramolecular Hbond substituents is 1. The predicted octanol–water partition coefficient (Wildman–Crippen LogP) is 10.7. The van der Waals surface area contributed by atoms with Crippen molar-refractivity contribution >= 4 is 27.3 Å². The first-order chi connectivity index (χ1) is 28.3. The SMILES string of the molecule is CC(=O)/N=c1\sc(S(N)(=O)=O)nn1C.CCN[C@@H](C)Cc1cccc(C(F)(F)F)c1.Cc1c(C)c2c(c(C)c1O)CC[C@@](C)(CCC[C@H](C)CCC[C@H](C)CCCC(C)C)O2. The smallest absolute Gasteiger partial charge is 0.416 e. The van der Waals surface area contributed by atoms with E-state index in [1.54, 1.807) is 6.07 Å². The topological polar surface area (TPSA) is 149 Å². The van der Waals surface area contributed by atoms with Gasteiger partial charge in [-0.15, -0.1) is 5.10 Å². The van der Waals surface area contributed by atoms with Crippen molar-refractivity contribution in [2.45, 2.75) is 175 Å². The summed E-state index contributed by atoms with van der Waals surface area (Å²) in [7, 11) is -2.35. The molecule has 0 radical (unpaired) electrons. The highest BCUT2D eigenvalue weighted by molar-refractivity contribution is 7.91. The van der Waals surface area contributed by atoms with Gasteiger partial charge in [0.1, 0.15) is 17.1 Å². The molecule has 4 N–H and O–H groups in total. The van der Waals surface area contributed by atoms with Gasteiger partial charge in [-0.2, -0.15) is 18.2 Å². The number of carbonyl (C=O) groups is 1. The first-order valence-corrected chi connectivity index (χ1v) is 24.2. The lowest BCUT2D eigenvalue weighted by Gasteiger charge is -2.38. The summed E-state index contributed by atoms with van der Waals surface area (Å²) in [5.41, 5.74) is 4.36. The Morgan fingerprint density at radius 2 is 1.61 bits per heavy atom. The van der Waals surface area contributed by atoms with Crippen LogP contribution in [0.25, 0.3) is 0 Å². The molecule has 3 aromatic rings. The molecular weight excluding hydrogens is 824 g/mol. The Bertz CT molecular complexity index is 2030. The Balaban J connectivity index is 0.000000355. The van der Waals surface area contributed by atoms with Crippen molar-refractivity contribution < 1.29 is 36.2 Å². The van der Waals surface area contributed by atoms with Gasteiger partial charge in [0.05, 0.1) is 5.56 Å². The summed E-state index contributed by atoms with van der Waals surface area (Å²) in [6.07, 6.45) is 10.4. The molecule has 0 fully saturated rings. The van der Waals surface area contributed by atoms with Gasteiger partial charge < -0.3 is 15.2 Å². The fourth-order valence-electron chi connectivity index (χ4n) is 7.60. The molecule has 0 spiro atoms. The van der Waals surface area contributed by atoms with Crippen molar-refractivity contribution in [1.82, 2.24) is 15.1 Å². The highest BCUT2D eigenvalue weighted by Crippen LogP contribution is 2.44. The van der Waals surface area contributed by atoms with Crippen LogP contribution in [0.15, 0.2) is 33.6 Å². The summed E-state index contributed by atoms with van der Waals surface area (Å²) in [6, 6.07) is 5.68. The molecule has 1 aliphatic rings. The van der Waals surface area contributed by atoms with Gasteiger partial charge >= 0.3 is 6.18 Å². The number of likely N-dealkylation sites (N-methyl/N-ethyl adjacent to an activating group) is 1. The molecule has 1 aliphatic heterocycles. The quantitative estimate of drug-likeness (QED) is 0.122. The molecule has 2 aromatic carbocycles. The van der Waals surface area contributed by atoms with Gasteiger partial charge in [-0.05, 0) is 119 Å². The monoisotopic (exact) mass is 898 g/mol. The van der Waals surface area contributed by atoms with Crippen LogP contribution >= 0.6 is 11.3 Å². The normalized spacial score (nSPS) is 17.0. The van der Waals surface area contributed by atoms with Crippen molar-refractivity contribution in [3.8, 4) is 11.5 Å². The van der Waals surface area contributed by atoms with Crippen molar-refractivity contribution in [1.29, 1.82) is 0 Å². The Morgan fingerprint density at radius 3 is 2.13 bits per heavy atom. The molecule has 0 saturated carbocycles. The van der Waals surface area contributed by atoms with E-state index in [1.165, 1.54) is 87.7 Å². The van der Waals surface area contributed by atoms with E-state index in [4.69, 9.17) is 9.88 Å². The number of amides is 1. The minimum Gasteiger partial charge on any atom is -0.507 e. The van der Waals surface area contributed by atoms with Crippen LogP contribution in [-0.2, 0) is 40.9 Å². The maximum atomic E-state index is 12.4. The van der Waals surface area contributed by atoms with Gasteiger partial charge in [-0.1, -0.05) is 109 Å². The van der Waals surface area contributed by atoms with E-state index in [2.05, 4.69) is 57.0 Å². The number of hydrogen-bond donors (Lipinski definition) is 3. The van der Waals surface area contributed by atoms with E-state index in [9.17, 15) is 31.5 Å². The first-order valence-electron chi connectivity index (χ1n) is 21.8. The summed E-state index contributed by atoms with van der Waals surface area (Å²) in [5, 5.41) is 22.0. The van der Waals surface area contributed by atoms with Crippen molar-refractivity contribution in [2.75, 3.05) is 6.54 Å². The fourth-order valence-corrected chi connectivity index (χ4v) is 9.19. The van der Waals surface area contributed by atoms with E-state index in [0.717, 1.165) is 83.4 Å². The minimum atomic E-state index is -4.25. The second kappa shape index (κ2) is 24.5. The van der Waals surface area contributed by atoms with Crippen molar-refractivity contribution in [3.63, 3.8) is 0 Å². The zero-order valence-corrected chi connectivity index (χ0v) is 40.4. The Kier molecular flexibility index (Phi) is 21.7. The number of ether oxygens (including phenoxy) is 1. The van der Waals surface area contributed by atoms with Crippen LogP contribution < -0.4 is 20.0 Å². The number of sulfonamides is 1. The average Bonchev–Trinajstić information content (AvgIpc) is 3.53. The molecule has 0 unspecified atom stereocenters. The molecule has 0 bridgehead atoms. The van der Waals surface area contributed by atoms with Crippen LogP contribution in [0.1, 0.15) is 153 Å². The molecule has 61 heavy (non-hydrogen) atoms. The van der Waals surface area contributed by atoms with E-state index in [1.807, 2.05) is 27.7 Å². The maximum absolute atomic E-state index is 12.4. The maximum Gasteiger partial charge on any atom is 0.416 e. The van der Waals surface area contributed by atoms with E-state index >= 15 is 0 Å². The van der Waals surface area contributed by atoms with E-state index < -0.39 is 27.7 Å². The van der Waals surface area contributed by atoms with Gasteiger partial charge in [0, 0.05) is 25.6 Å². The number of aromatic nitrogens is 2. The number of benzene rings is 2. The number of nitrogens with zero attached hydrogens (tertiary/aromatic N) is 3. The molecule has 15 heteroatoms. The Morgan fingerprint density at radius 1 is 1.02 bits per heavy atom. The largest absolute Gasteiger partial charge is 0.507 e. The number of nitrogens with two attached hydrogens (primary N) is 1. The second-order valence-electron chi connectivity index (χ2n) is 17.8. The van der Waals surface area contributed by atoms with Crippen LogP contribution in [0.5, 0.6) is 11.5 Å². The number of phenols is 1. The van der Waals surface area contributed by atoms with Gasteiger partial charge in [0.15, 0.2) is 0 Å². The van der Waals surface area contributed by atoms with E-state index in [0.29, 0.717) is 17.7 Å². The molecule has 0 saturated heterocycles. The van der Waals surface area contributed by atoms with Gasteiger partial charge in [-0.3, -0.25) is 4.79 Å². The highest BCUT2D eigenvalue weighted by Gasteiger charge is 2.34. The van der Waals surface area contributed by atoms with Crippen LogP contribution in [-0.4, -0.2) is 47.4 Å². The lowest BCUT2D eigenvalue weighted by Crippen LogP contribution is -2.37. The van der Waals surface area contributed by atoms with Crippen molar-refractivity contribution in [2.24, 2.45) is 34.9 Å². The van der Waals surface area contributed by atoms with Gasteiger partial charge in [0.2, 0.25) is 15.0 Å². The number of fused-ring (bicyclic) bond motifs is 1. The number of nitrogens with one attached hydrogen (secondary N) is 1. The zero-order valence-electron chi connectivity index (χ0n) is 38.8. The number of rotatable bonds is 17. The molecule has 346 valence electrons. The molecule has 1 amide bonds. The number of primary sulfonamides is 1. The standard InChI is InChI=1S/C29H50O2.C12H16F3N.C5H8N4O3S2/c1-20(2)12-9-13-21(3)14-10-15-22(4)16-11-18-29(8)19-17-26-25(7)27(30)23(5)24(6)28(26)31-29;1-3-16-9(2)7-10-5-4-6-11(8-10)12(13,14)15;1-3(10)7-4-9(2)8-5(13-4)14(6,11)12/h20-22,30H,9-19H2,1-8H3;4-6,8-9,16H,3,7H2,1-2H3;1-2H3,(H2,6,11,12)/b;;7-4-/t21-,22-,29-;9-;/m10./s1. The molecular formula is C46H74F3N5O5S2. The summed E-state index contributed by atoms with van der Waals surface area (Å²) >= 11 is 0.746.